The van der Waals surface area contributed by atoms with Gasteiger partial charge in [0.05, 0.1) is 0 Å². The third-order valence-electron chi connectivity index (χ3n) is 5.41. The Labute approximate surface area is 171 Å². The fourth-order valence-corrected chi connectivity index (χ4v) is 3.65. The molecule has 1 aliphatic rings. The number of amides is 3. The number of nitrogens with zero attached hydrogens (tertiary/aromatic N) is 1. The van der Waals surface area contributed by atoms with Crippen LogP contribution in [0.5, 0.6) is 0 Å². The van der Waals surface area contributed by atoms with E-state index >= 15 is 0 Å². The predicted octanol–water partition coefficient (Wildman–Crippen LogP) is 5.17. The Morgan fingerprint density at radius 1 is 1.04 bits per heavy atom. The maximum absolute atomic E-state index is 12.6. The molecule has 1 atom stereocenters. The minimum atomic E-state index is -0.126. The average molecular weight is 400 g/mol. The van der Waals surface area contributed by atoms with Crippen molar-refractivity contribution >= 4 is 34.9 Å². The number of rotatable bonds is 4. The van der Waals surface area contributed by atoms with Crippen LogP contribution in [0.2, 0.25) is 5.02 Å². The summed E-state index contributed by atoms with van der Waals surface area (Å²) in [5, 5.41) is 6.52. The topological polar surface area (TPSA) is 61.4 Å². The molecule has 0 radical (unpaired) electrons. The van der Waals surface area contributed by atoms with Gasteiger partial charge in [0, 0.05) is 35.4 Å². The molecule has 5 nitrogen and oxygen atoms in total. The number of urea groups is 1. The van der Waals surface area contributed by atoms with E-state index in [2.05, 4.69) is 10.6 Å². The summed E-state index contributed by atoms with van der Waals surface area (Å²) in [6.45, 7) is 5.18. The molecule has 1 heterocycles. The van der Waals surface area contributed by atoms with E-state index in [1.165, 1.54) is 0 Å². The van der Waals surface area contributed by atoms with Gasteiger partial charge in [-0.25, -0.2) is 4.79 Å². The van der Waals surface area contributed by atoms with Gasteiger partial charge in [0.25, 0.3) is 0 Å². The van der Waals surface area contributed by atoms with Gasteiger partial charge >= 0.3 is 6.03 Å². The number of carbonyl (C=O) groups excluding carboxylic acids is 2. The molecule has 2 aromatic carbocycles. The van der Waals surface area contributed by atoms with Crippen molar-refractivity contribution in [2.45, 2.75) is 26.7 Å². The predicted molar refractivity (Wildman–Crippen MR) is 114 cm³/mol. The number of carbonyl (C=O) groups is 2. The molecule has 0 unspecified atom stereocenters. The Kier molecular flexibility index (Phi) is 6.57. The molecule has 2 N–H and O–H groups in total. The monoisotopic (exact) mass is 399 g/mol. The minimum Gasteiger partial charge on any atom is -0.326 e. The molecule has 148 valence electrons. The standard InChI is InChI=1S/C22H26ClN3O2/c1-15-8-9-19(14-20(15)23)24-21(27)16(2)17-10-12-26(13-11-17)22(28)25-18-6-4-3-5-7-18/h3-9,14,16-17H,10-13H2,1-2H3,(H,24,27)(H,25,28)/t16-/m0/s1. The van der Waals surface area contributed by atoms with E-state index in [4.69, 9.17) is 11.6 Å². The number of likely N-dealkylation sites (tertiary alicyclic amines) is 1. The normalized spacial score (nSPS) is 15.8. The van der Waals surface area contributed by atoms with E-state index in [-0.39, 0.29) is 23.8 Å². The Hall–Kier alpha value is -2.53. The number of aryl methyl sites for hydroxylation is 1. The Bertz CT molecular complexity index is 833. The van der Waals surface area contributed by atoms with Crippen molar-refractivity contribution in [3.8, 4) is 0 Å². The number of anilines is 2. The fraction of sp³-hybridized carbons (Fsp3) is 0.364. The molecule has 1 saturated heterocycles. The van der Waals surface area contributed by atoms with Gasteiger partial charge in [0.1, 0.15) is 0 Å². The van der Waals surface area contributed by atoms with Gasteiger partial charge in [-0.3, -0.25) is 4.79 Å². The summed E-state index contributed by atoms with van der Waals surface area (Å²) in [6, 6.07) is 14.9. The number of benzene rings is 2. The Morgan fingerprint density at radius 2 is 1.71 bits per heavy atom. The molecular weight excluding hydrogens is 374 g/mol. The molecule has 0 spiro atoms. The highest BCUT2D eigenvalue weighted by molar-refractivity contribution is 6.31. The lowest BCUT2D eigenvalue weighted by Gasteiger charge is -2.34. The van der Waals surface area contributed by atoms with Crippen LogP contribution in [0.15, 0.2) is 48.5 Å². The molecule has 0 aromatic heterocycles. The largest absolute Gasteiger partial charge is 0.326 e. The summed E-state index contributed by atoms with van der Waals surface area (Å²) < 4.78 is 0. The average Bonchev–Trinajstić information content (AvgIpc) is 2.71. The quantitative estimate of drug-likeness (QED) is 0.745. The summed E-state index contributed by atoms with van der Waals surface area (Å²) in [5.41, 5.74) is 2.49. The van der Waals surface area contributed by atoms with Crippen molar-refractivity contribution in [2.75, 3.05) is 23.7 Å². The zero-order valence-electron chi connectivity index (χ0n) is 16.2. The Balaban J connectivity index is 1.50. The van der Waals surface area contributed by atoms with Crippen LogP contribution in [0.1, 0.15) is 25.3 Å². The molecule has 0 bridgehead atoms. The van der Waals surface area contributed by atoms with Crippen molar-refractivity contribution in [3.05, 3.63) is 59.1 Å². The number of hydrogen-bond donors (Lipinski definition) is 2. The van der Waals surface area contributed by atoms with Crippen LogP contribution in [0.25, 0.3) is 0 Å². The van der Waals surface area contributed by atoms with E-state index in [0.717, 1.165) is 24.1 Å². The van der Waals surface area contributed by atoms with Crippen molar-refractivity contribution in [1.82, 2.24) is 4.90 Å². The van der Waals surface area contributed by atoms with Gasteiger partial charge in [-0.2, -0.15) is 0 Å². The van der Waals surface area contributed by atoms with Crippen LogP contribution in [0, 0.1) is 18.8 Å². The molecule has 28 heavy (non-hydrogen) atoms. The van der Waals surface area contributed by atoms with Crippen molar-refractivity contribution in [2.24, 2.45) is 11.8 Å². The van der Waals surface area contributed by atoms with Crippen molar-refractivity contribution in [3.63, 3.8) is 0 Å². The number of nitrogens with one attached hydrogen (secondary N) is 2. The first kappa shape index (κ1) is 20.2. The van der Waals surface area contributed by atoms with E-state index in [9.17, 15) is 9.59 Å². The molecule has 0 saturated carbocycles. The molecule has 6 heteroatoms. The van der Waals surface area contributed by atoms with E-state index < -0.39 is 0 Å². The lowest BCUT2D eigenvalue weighted by molar-refractivity contribution is -0.121. The summed E-state index contributed by atoms with van der Waals surface area (Å²) in [6.07, 6.45) is 1.62. The third-order valence-corrected chi connectivity index (χ3v) is 5.82. The maximum atomic E-state index is 12.6. The van der Waals surface area contributed by atoms with E-state index in [1.807, 2.05) is 61.2 Å². The number of hydrogen-bond acceptors (Lipinski definition) is 2. The molecule has 2 aromatic rings. The van der Waals surface area contributed by atoms with Gasteiger partial charge in [0.15, 0.2) is 0 Å². The molecule has 1 aliphatic heterocycles. The molecule has 0 aliphatic carbocycles. The number of piperidine rings is 1. The van der Waals surface area contributed by atoms with Crippen molar-refractivity contribution < 1.29 is 9.59 Å². The Morgan fingerprint density at radius 3 is 2.36 bits per heavy atom. The first-order valence-electron chi connectivity index (χ1n) is 9.62. The van der Waals surface area contributed by atoms with Crippen LogP contribution in [0.3, 0.4) is 0 Å². The lowest BCUT2D eigenvalue weighted by atomic mass is 9.85. The highest BCUT2D eigenvalue weighted by atomic mass is 35.5. The van der Waals surface area contributed by atoms with Crippen LogP contribution >= 0.6 is 11.6 Å². The molecule has 3 rings (SSSR count). The van der Waals surface area contributed by atoms with Crippen LogP contribution in [-0.2, 0) is 4.79 Å². The van der Waals surface area contributed by atoms with Gasteiger partial charge < -0.3 is 15.5 Å². The lowest BCUT2D eigenvalue weighted by Crippen LogP contribution is -2.43. The second-order valence-electron chi connectivity index (χ2n) is 7.36. The SMILES string of the molecule is Cc1ccc(NC(=O)[C@@H](C)C2CCN(C(=O)Nc3ccccc3)CC2)cc1Cl. The maximum Gasteiger partial charge on any atom is 0.321 e. The number of halogens is 1. The smallest absolute Gasteiger partial charge is 0.321 e. The highest BCUT2D eigenvalue weighted by Gasteiger charge is 2.30. The summed E-state index contributed by atoms with van der Waals surface area (Å²) >= 11 is 6.13. The van der Waals surface area contributed by atoms with E-state index in [0.29, 0.717) is 23.8 Å². The first-order chi connectivity index (χ1) is 13.4. The second kappa shape index (κ2) is 9.11. The summed E-state index contributed by atoms with van der Waals surface area (Å²) in [7, 11) is 0. The van der Waals surface area contributed by atoms with Gasteiger partial charge in [-0.15, -0.1) is 0 Å². The first-order valence-corrected chi connectivity index (χ1v) is 10.00. The third kappa shape index (κ3) is 5.04. The van der Waals surface area contributed by atoms with Gasteiger partial charge in [-0.05, 0) is 55.5 Å². The summed E-state index contributed by atoms with van der Waals surface area (Å²) in [5.74, 6) is 0.119. The highest BCUT2D eigenvalue weighted by Crippen LogP contribution is 2.27. The zero-order chi connectivity index (χ0) is 20.1. The molecule has 1 fully saturated rings. The summed E-state index contributed by atoms with van der Waals surface area (Å²) in [4.78, 5) is 26.8. The zero-order valence-corrected chi connectivity index (χ0v) is 17.0. The van der Waals surface area contributed by atoms with Crippen molar-refractivity contribution in [1.29, 1.82) is 0 Å². The molecule has 3 amide bonds. The van der Waals surface area contributed by atoms with E-state index in [1.54, 1.807) is 6.07 Å². The van der Waals surface area contributed by atoms with Crippen LogP contribution in [-0.4, -0.2) is 29.9 Å². The minimum absolute atomic E-state index is 0.00731. The molecular formula is C22H26ClN3O2. The van der Waals surface area contributed by atoms with Crippen LogP contribution in [0.4, 0.5) is 16.2 Å². The van der Waals surface area contributed by atoms with Gasteiger partial charge in [0.2, 0.25) is 5.91 Å². The second-order valence-corrected chi connectivity index (χ2v) is 7.77. The number of para-hydroxylation sites is 1. The van der Waals surface area contributed by atoms with Crippen LogP contribution < -0.4 is 10.6 Å². The van der Waals surface area contributed by atoms with Gasteiger partial charge in [-0.1, -0.05) is 42.8 Å². The fourth-order valence-electron chi connectivity index (χ4n) is 3.47.